The largest absolute Gasteiger partial charge is 0.383 e. The highest BCUT2D eigenvalue weighted by molar-refractivity contribution is 5.01. The maximum atomic E-state index is 8.82. The van der Waals surface area contributed by atoms with Crippen LogP contribution in [0.4, 0.5) is 0 Å². The van der Waals surface area contributed by atoms with Crippen LogP contribution >= 0.6 is 0 Å². The summed E-state index contributed by atoms with van der Waals surface area (Å²) in [6, 6.07) is 2.35. The van der Waals surface area contributed by atoms with Gasteiger partial charge in [-0.25, -0.2) is 0 Å². The smallest absolute Gasteiger partial charge is 0.0806 e. The van der Waals surface area contributed by atoms with E-state index in [2.05, 4.69) is 6.07 Å². The first-order chi connectivity index (χ1) is 4.83. The van der Waals surface area contributed by atoms with Crippen LogP contribution in [-0.4, -0.2) is 13.7 Å². The van der Waals surface area contributed by atoms with Crippen molar-refractivity contribution in [1.29, 1.82) is 5.26 Å². The zero-order valence-electron chi connectivity index (χ0n) is 6.39. The Balaban J connectivity index is 2.51. The molecule has 56 valence electrons. The summed E-state index contributed by atoms with van der Waals surface area (Å²) in [4.78, 5) is 0. The Morgan fingerprint density at radius 1 is 1.50 bits per heavy atom. The Morgan fingerprint density at radius 2 is 2.10 bits per heavy atom. The first kappa shape index (κ1) is 7.56. The number of hydrogen-bond donors (Lipinski definition) is 0. The maximum Gasteiger partial charge on any atom is 0.0806 e. The maximum absolute atomic E-state index is 8.82. The zero-order chi connectivity index (χ0) is 7.45. The molecule has 1 fully saturated rings. The van der Waals surface area contributed by atoms with Gasteiger partial charge < -0.3 is 4.74 Å². The topological polar surface area (TPSA) is 33.0 Å². The molecule has 10 heavy (non-hydrogen) atoms. The van der Waals surface area contributed by atoms with Crippen molar-refractivity contribution >= 4 is 0 Å². The molecule has 0 radical (unpaired) electrons. The third-order valence-electron chi connectivity index (χ3n) is 2.22. The second-order valence-corrected chi connectivity index (χ2v) is 3.03. The molecule has 1 aliphatic rings. The average Bonchev–Trinajstić information content (AvgIpc) is 2.39. The molecule has 0 heterocycles. The highest BCUT2D eigenvalue weighted by atomic mass is 16.5. The van der Waals surface area contributed by atoms with E-state index in [1.54, 1.807) is 7.11 Å². The van der Waals surface area contributed by atoms with Crippen LogP contribution < -0.4 is 0 Å². The molecule has 0 aromatic rings. The van der Waals surface area contributed by atoms with Crippen molar-refractivity contribution in [2.45, 2.75) is 25.7 Å². The quantitative estimate of drug-likeness (QED) is 0.583. The molecule has 1 rings (SSSR count). The molecule has 0 unspecified atom stereocenters. The number of hydrogen-bond acceptors (Lipinski definition) is 2. The van der Waals surface area contributed by atoms with Gasteiger partial charge in [0, 0.05) is 7.11 Å². The molecule has 0 amide bonds. The van der Waals surface area contributed by atoms with Crippen molar-refractivity contribution in [3.8, 4) is 6.07 Å². The van der Waals surface area contributed by atoms with Gasteiger partial charge in [0.05, 0.1) is 18.1 Å². The summed E-state index contributed by atoms with van der Waals surface area (Å²) in [6.45, 7) is 0.615. The summed E-state index contributed by atoms with van der Waals surface area (Å²) >= 11 is 0. The number of nitriles is 1. The molecule has 0 aromatic heterocycles. The van der Waals surface area contributed by atoms with Gasteiger partial charge in [-0.3, -0.25) is 0 Å². The van der Waals surface area contributed by atoms with Crippen molar-refractivity contribution in [1.82, 2.24) is 0 Å². The number of nitrogens with zero attached hydrogens (tertiary/aromatic N) is 1. The highest BCUT2D eigenvalue weighted by Gasteiger charge is 2.33. The Kier molecular flexibility index (Phi) is 2.29. The molecule has 2 nitrogen and oxygen atoms in total. The van der Waals surface area contributed by atoms with Gasteiger partial charge in [-0.1, -0.05) is 12.8 Å². The van der Waals surface area contributed by atoms with Crippen molar-refractivity contribution in [2.75, 3.05) is 13.7 Å². The zero-order valence-corrected chi connectivity index (χ0v) is 6.39. The first-order valence-electron chi connectivity index (χ1n) is 3.73. The number of ether oxygens (including phenoxy) is 1. The minimum atomic E-state index is -0.130. The lowest BCUT2D eigenvalue weighted by atomic mass is 9.89. The highest BCUT2D eigenvalue weighted by Crippen LogP contribution is 2.37. The number of rotatable bonds is 2. The van der Waals surface area contributed by atoms with Crippen LogP contribution in [0, 0.1) is 16.7 Å². The van der Waals surface area contributed by atoms with Crippen molar-refractivity contribution < 1.29 is 4.74 Å². The van der Waals surface area contributed by atoms with Gasteiger partial charge in [-0.05, 0) is 12.8 Å². The van der Waals surface area contributed by atoms with E-state index in [1.807, 2.05) is 0 Å². The minimum absolute atomic E-state index is 0.130. The van der Waals surface area contributed by atoms with Gasteiger partial charge >= 0.3 is 0 Å². The van der Waals surface area contributed by atoms with Crippen molar-refractivity contribution in [2.24, 2.45) is 5.41 Å². The van der Waals surface area contributed by atoms with E-state index in [4.69, 9.17) is 10.00 Å². The molecule has 0 bridgehead atoms. The van der Waals surface area contributed by atoms with E-state index >= 15 is 0 Å². The summed E-state index contributed by atoms with van der Waals surface area (Å²) in [5.41, 5.74) is -0.130. The molecule has 1 saturated carbocycles. The minimum Gasteiger partial charge on any atom is -0.383 e. The summed E-state index contributed by atoms with van der Waals surface area (Å²) in [5.74, 6) is 0. The van der Waals surface area contributed by atoms with Gasteiger partial charge in [0.2, 0.25) is 0 Å². The molecule has 0 atom stereocenters. The van der Waals surface area contributed by atoms with Gasteiger partial charge in [0.25, 0.3) is 0 Å². The Bertz CT molecular complexity index is 142. The standard InChI is InChI=1S/C8H13NO/c1-10-7-8(6-9)4-2-3-5-8/h2-5,7H2,1H3. The third kappa shape index (κ3) is 1.30. The van der Waals surface area contributed by atoms with Gasteiger partial charge in [-0.2, -0.15) is 5.26 Å². The third-order valence-corrected chi connectivity index (χ3v) is 2.22. The SMILES string of the molecule is COCC1(C#N)CCCC1. The Labute approximate surface area is 61.8 Å². The van der Waals surface area contributed by atoms with Crippen molar-refractivity contribution in [3.05, 3.63) is 0 Å². The monoisotopic (exact) mass is 139 g/mol. The van der Waals surface area contributed by atoms with E-state index in [-0.39, 0.29) is 5.41 Å². The molecular formula is C8H13NO. The first-order valence-corrected chi connectivity index (χ1v) is 3.73. The van der Waals surface area contributed by atoms with Crippen LogP contribution in [0.2, 0.25) is 0 Å². The fourth-order valence-electron chi connectivity index (χ4n) is 1.62. The fraction of sp³-hybridized carbons (Fsp3) is 0.875. The molecule has 2 heteroatoms. The molecular weight excluding hydrogens is 126 g/mol. The predicted octanol–water partition coefficient (Wildman–Crippen LogP) is 1.72. The van der Waals surface area contributed by atoms with Crippen LogP contribution in [0.15, 0.2) is 0 Å². The summed E-state index contributed by atoms with van der Waals surface area (Å²) in [7, 11) is 1.66. The van der Waals surface area contributed by atoms with Crippen LogP contribution in [-0.2, 0) is 4.74 Å². The average molecular weight is 139 g/mol. The summed E-state index contributed by atoms with van der Waals surface area (Å²) in [5, 5.41) is 8.82. The van der Waals surface area contributed by atoms with Gasteiger partial charge in [0.1, 0.15) is 0 Å². The summed E-state index contributed by atoms with van der Waals surface area (Å²) < 4.78 is 5.00. The lowest BCUT2D eigenvalue weighted by Gasteiger charge is -2.17. The lowest BCUT2D eigenvalue weighted by molar-refractivity contribution is 0.120. The van der Waals surface area contributed by atoms with E-state index in [0.717, 1.165) is 12.8 Å². The second kappa shape index (κ2) is 3.03. The molecule has 0 N–H and O–H groups in total. The molecule has 0 aromatic carbocycles. The molecule has 0 saturated heterocycles. The van der Waals surface area contributed by atoms with Crippen molar-refractivity contribution in [3.63, 3.8) is 0 Å². The Hall–Kier alpha value is -0.550. The van der Waals surface area contributed by atoms with E-state index in [9.17, 15) is 0 Å². The van der Waals surface area contributed by atoms with Crippen LogP contribution in [0.25, 0.3) is 0 Å². The molecule has 0 aliphatic heterocycles. The molecule has 0 spiro atoms. The number of methoxy groups -OCH3 is 1. The lowest BCUT2D eigenvalue weighted by Crippen LogP contribution is -2.19. The van der Waals surface area contributed by atoms with E-state index in [0.29, 0.717) is 6.61 Å². The summed E-state index contributed by atoms with van der Waals surface area (Å²) in [6.07, 6.45) is 4.43. The van der Waals surface area contributed by atoms with Gasteiger partial charge in [-0.15, -0.1) is 0 Å². The van der Waals surface area contributed by atoms with Crippen LogP contribution in [0.1, 0.15) is 25.7 Å². The predicted molar refractivity (Wildman–Crippen MR) is 38.4 cm³/mol. The normalized spacial score (nSPS) is 22.4. The van der Waals surface area contributed by atoms with E-state index < -0.39 is 0 Å². The van der Waals surface area contributed by atoms with E-state index in [1.165, 1.54) is 12.8 Å². The van der Waals surface area contributed by atoms with Crippen LogP contribution in [0.5, 0.6) is 0 Å². The Morgan fingerprint density at radius 3 is 2.50 bits per heavy atom. The second-order valence-electron chi connectivity index (χ2n) is 3.03. The van der Waals surface area contributed by atoms with Crippen LogP contribution in [0.3, 0.4) is 0 Å². The fourth-order valence-corrected chi connectivity index (χ4v) is 1.62. The molecule has 1 aliphatic carbocycles. The van der Waals surface area contributed by atoms with Gasteiger partial charge in [0.15, 0.2) is 0 Å².